The molecule has 0 atom stereocenters. The number of hydrogen-bond acceptors (Lipinski definition) is 2. The van der Waals surface area contributed by atoms with Crippen LogP contribution in [-0.2, 0) is 5.75 Å². The normalized spacial score (nSPS) is 11.3. The van der Waals surface area contributed by atoms with Crippen molar-refractivity contribution in [3.05, 3.63) is 82.8 Å². The van der Waals surface area contributed by atoms with Crippen LogP contribution < -0.4 is 0 Å². The molecule has 1 nitrogen and oxygen atoms in total. The van der Waals surface area contributed by atoms with E-state index in [9.17, 15) is 4.79 Å². The van der Waals surface area contributed by atoms with Gasteiger partial charge in [-0.3, -0.25) is 4.79 Å². The second-order valence-electron chi connectivity index (χ2n) is 4.45. The molecule has 0 aliphatic heterocycles. The van der Waals surface area contributed by atoms with Crippen molar-refractivity contribution in [3.8, 4) is 0 Å². The summed E-state index contributed by atoms with van der Waals surface area (Å²) >= 11 is 1.61. The predicted octanol–water partition coefficient (Wildman–Crippen LogP) is 5.10. The fourth-order valence-electron chi connectivity index (χ4n) is 1.87. The first-order valence-corrected chi connectivity index (χ1v) is 7.76. The summed E-state index contributed by atoms with van der Waals surface area (Å²) in [5.74, 6) is 0.944. The average Bonchev–Trinajstić information content (AvgIpc) is 2.52. The molecule has 0 aromatic heterocycles. The molecule has 20 heavy (non-hydrogen) atoms. The number of Topliss-reactive ketones (excluding diaryl/α,β-unsaturated/α-hetero) is 1. The first kappa shape index (κ1) is 14.6. The van der Waals surface area contributed by atoms with Gasteiger partial charge in [0.25, 0.3) is 0 Å². The predicted molar refractivity (Wildman–Crippen MR) is 86.9 cm³/mol. The van der Waals surface area contributed by atoms with E-state index in [1.165, 1.54) is 5.56 Å². The van der Waals surface area contributed by atoms with Gasteiger partial charge in [0, 0.05) is 11.3 Å². The van der Waals surface area contributed by atoms with E-state index in [4.69, 9.17) is 0 Å². The van der Waals surface area contributed by atoms with Gasteiger partial charge in [0.2, 0.25) is 0 Å². The molecule has 2 heteroatoms. The molecule has 0 aliphatic carbocycles. The van der Waals surface area contributed by atoms with Gasteiger partial charge in [0.1, 0.15) is 0 Å². The lowest BCUT2D eigenvalue weighted by Gasteiger charge is -2.07. The van der Waals surface area contributed by atoms with Crippen molar-refractivity contribution in [3.63, 3.8) is 0 Å². The second-order valence-corrected chi connectivity index (χ2v) is 5.46. The molecule has 0 bridgehead atoms. The first-order valence-electron chi connectivity index (χ1n) is 6.78. The Morgan fingerprint density at radius 3 is 2.20 bits per heavy atom. The highest BCUT2D eigenvalue weighted by atomic mass is 32.2. The van der Waals surface area contributed by atoms with Crippen LogP contribution in [0.4, 0.5) is 0 Å². The number of benzene rings is 2. The standard InChI is InChI=1S/C18H18OS/c1-2-9-17(18(19)16-12-7-4-8-13-16)20-14-15-10-5-3-6-11-15/h3-13H,2,14H2,1H3/b17-9-. The molecular weight excluding hydrogens is 264 g/mol. The van der Waals surface area contributed by atoms with Gasteiger partial charge in [-0.15, -0.1) is 11.8 Å². The summed E-state index contributed by atoms with van der Waals surface area (Å²) in [6.07, 6.45) is 2.89. The van der Waals surface area contributed by atoms with E-state index in [2.05, 4.69) is 19.1 Å². The monoisotopic (exact) mass is 282 g/mol. The zero-order valence-corrected chi connectivity index (χ0v) is 12.4. The zero-order valence-electron chi connectivity index (χ0n) is 11.6. The lowest BCUT2D eigenvalue weighted by molar-refractivity contribution is 0.104. The Morgan fingerprint density at radius 1 is 1.00 bits per heavy atom. The summed E-state index contributed by atoms with van der Waals surface area (Å²) in [5, 5.41) is 0. The van der Waals surface area contributed by atoms with Gasteiger partial charge < -0.3 is 0 Å². The number of hydrogen-bond donors (Lipinski definition) is 0. The lowest BCUT2D eigenvalue weighted by atomic mass is 10.1. The molecule has 2 aromatic rings. The molecule has 0 heterocycles. The van der Waals surface area contributed by atoms with E-state index < -0.39 is 0 Å². The van der Waals surface area contributed by atoms with Gasteiger partial charge in [0.05, 0.1) is 4.91 Å². The smallest absolute Gasteiger partial charge is 0.199 e. The quantitative estimate of drug-likeness (QED) is 0.542. The third kappa shape index (κ3) is 4.10. The van der Waals surface area contributed by atoms with Crippen molar-refractivity contribution in [2.24, 2.45) is 0 Å². The van der Waals surface area contributed by atoms with Crippen LogP contribution in [0.25, 0.3) is 0 Å². The van der Waals surface area contributed by atoms with Crippen molar-refractivity contribution in [2.45, 2.75) is 19.1 Å². The summed E-state index contributed by atoms with van der Waals surface area (Å²) in [4.78, 5) is 13.3. The van der Waals surface area contributed by atoms with E-state index in [1.54, 1.807) is 11.8 Å². The molecule has 0 aliphatic rings. The third-order valence-corrected chi connectivity index (χ3v) is 4.03. The van der Waals surface area contributed by atoms with Crippen LogP contribution in [0.5, 0.6) is 0 Å². The summed E-state index contributed by atoms with van der Waals surface area (Å²) in [7, 11) is 0. The largest absolute Gasteiger partial charge is 0.288 e. The van der Waals surface area contributed by atoms with Gasteiger partial charge in [-0.1, -0.05) is 73.7 Å². The summed E-state index contributed by atoms with van der Waals surface area (Å²) in [6, 6.07) is 19.7. The van der Waals surface area contributed by atoms with Gasteiger partial charge in [0.15, 0.2) is 5.78 Å². The Labute approximate surface area is 124 Å². The minimum Gasteiger partial charge on any atom is -0.288 e. The van der Waals surface area contributed by atoms with E-state index in [0.29, 0.717) is 0 Å². The summed E-state index contributed by atoms with van der Waals surface area (Å²) < 4.78 is 0. The molecular formula is C18H18OS. The van der Waals surface area contributed by atoms with Gasteiger partial charge in [-0.05, 0) is 12.0 Å². The minimum atomic E-state index is 0.119. The highest BCUT2D eigenvalue weighted by Crippen LogP contribution is 2.25. The van der Waals surface area contributed by atoms with Crippen molar-refractivity contribution in [1.82, 2.24) is 0 Å². The van der Waals surface area contributed by atoms with Crippen molar-refractivity contribution in [2.75, 3.05) is 0 Å². The fourth-order valence-corrected chi connectivity index (χ4v) is 2.92. The topological polar surface area (TPSA) is 17.1 Å². The molecule has 0 saturated heterocycles. The van der Waals surface area contributed by atoms with Crippen molar-refractivity contribution >= 4 is 17.5 Å². The number of thioether (sulfide) groups is 1. The van der Waals surface area contributed by atoms with Crippen LogP contribution in [0.15, 0.2) is 71.6 Å². The van der Waals surface area contributed by atoms with E-state index in [0.717, 1.165) is 22.6 Å². The average molecular weight is 282 g/mol. The Morgan fingerprint density at radius 2 is 1.60 bits per heavy atom. The van der Waals surface area contributed by atoms with Crippen LogP contribution in [-0.4, -0.2) is 5.78 Å². The van der Waals surface area contributed by atoms with Gasteiger partial charge >= 0.3 is 0 Å². The van der Waals surface area contributed by atoms with Crippen LogP contribution in [0.2, 0.25) is 0 Å². The van der Waals surface area contributed by atoms with Crippen LogP contribution >= 0.6 is 11.8 Å². The second kappa shape index (κ2) is 7.71. The number of rotatable bonds is 6. The van der Waals surface area contributed by atoms with E-state index in [1.807, 2.05) is 54.6 Å². The molecule has 0 N–H and O–H groups in total. The highest BCUT2D eigenvalue weighted by Gasteiger charge is 2.12. The molecule has 0 fully saturated rings. The molecule has 2 rings (SSSR count). The lowest BCUT2D eigenvalue weighted by Crippen LogP contribution is -2.01. The number of allylic oxidation sites excluding steroid dienone is 2. The molecule has 0 spiro atoms. The Hall–Kier alpha value is -1.80. The Balaban J connectivity index is 2.08. The first-order chi connectivity index (χ1) is 9.81. The van der Waals surface area contributed by atoms with Crippen molar-refractivity contribution in [1.29, 1.82) is 0 Å². The number of carbonyl (C=O) groups is 1. The fraction of sp³-hybridized carbons (Fsp3) is 0.167. The number of ketones is 1. The highest BCUT2D eigenvalue weighted by molar-refractivity contribution is 8.03. The molecule has 0 radical (unpaired) electrons. The summed E-state index contributed by atoms with van der Waals surface area (Å²) in [5.41, 5.74) is 1.99. The number of carbonyl (C=O) groups excluding carboxylic acids is 1. The van der Waals surface area contributed by atoms with Crippen LogP contribution in [0.1, 0.15) is 29.3 Å². The summed E-state index contributed by atoms with van der Waals surface area (Å²) in [6.45, 7) is 2.06. The maximum absolute atomic E-state index is 12.5. The van der Waals surface area contributed by atoms with E-state index >= 15 is 0 Å². The third-order valence-electron chi connectivity index (χ3n) is 2.89. The van der Waals surface area contributed by atoms with E-state index in [-0.39, 0.29) is 5.78 Å². The SMILES string of the molecule is CC/C=C(\SCc1ccccc1)C(=O)c1ccccc1. The van der Waals surface area contributed by atoms with Crippen LogP contribution in [0.3, 0.4) is 0 Å². The molecule has 102 valence electrons. The van der Waals surface area contributed by atoms with Gasteiger partial charge in [-0.25, -0.2) is 0 Å². The maximum atomic E-state index is 12.5. The van der Waals surface area contributed by atoms with Crippen molar-refractivity contribution < 1.29 is 4.79 Å². The maximum Gasteiger partial charge on any atom is 0.199 e. The van der Waals surface area contributed by atoms with Crippen LogP contribution in [0, 0.1) is 0 Å². The molecule has 0 unspecified atom stereocenters. The molecule has 2 aromatic carbocycles. The Kier molecular flexibility index (Phi) is 5.63. The minimum absolute atomic E-state index is 0.119. The van der Waals surface area contributed by atoms with Gasteiger partial charge in [-0.2, -0.15) is 0 Å². The molecule has 0 amide bonds. The Bertz CT molecular complexity index is 573. The molecule has 0 saturated carbocycles. The zero-order chi connectivity index (χ0) is 14.2.